The molecule has 0 aromatic heterocycles. The molecule has 254 valence electrons. The molecular formula is C33H29F6N3O4S2. The van der Waals surface area contributed by atoms with Crippen molar-refractivity contribution in [1.29, 1.82) is 0 Å². The van der Waals surface area contributed by atoms with Crippen molar-refractivity contribution in [2.45, 2.75) is 40.7 Å². The number of hydrogen-bond acceptors (Lipinski definition) is 6. The van der Waals surface area contributed by atoms with E-state index in [4.69, 9.17) is 5.73 Å². The van der Waals surface area contributed by atoms with Crippen molar-refractivity contribution in [1.82, 2.24) is 4.72 Å². The largest absolute Gasteiger partial charge is 0.588 e. The van der Waals surface area contributed by atoms with Gasteiger partial charge in [-0.3, -0.25) is 4.79 Å². The molecule has 1 atom stereocenters. The number of nitrogens with one attached hydrogen (secondary N) is 1. The molecule has 4 aromatic rings. The molecule has 15 heteroatoms. The van der Waals surface area contributed by atoms with Crippen molar-refractivity contribution >= 4 is 38.5 Å². The van der Waals surface area contributed by atoms with Gasteiger partial charge in [-0.2, -0.15) is 31.1 Å². The quantitative estimate of drug-likeness (QED) is 0.114. The summed E-state index contributed by atoms with van der Waals surface area (Å²) >= 11 is -2.39. The van der Waals surface area contributed by atoms with E-state index in [1.54, 1.807) is 12.1 Å². The van der Waals surface area contributed by atoms with Crippen LogP contribution in [0.15, 0.2) is 101 Å². The standard InChI is InChI=1S/C33H29F6N3O4S2/c34-32(35,36)25-9-5-22(6-10-25)28-4-2-1-3-24(28)19-21-15-17-42(18-16-21)26-11-7-23(8-12-26)31(43)41-47(44)27-13-14-29(40)30(20-27)48(45,46)33(37,38)39/h1-14,20-21H,15-19,40H2,(H,41,43). The van der Waals surface area contributed by atoms with E-state index in [1.807, 2.05) is 24.3 Å². The summed E-state index contributed by atoms with van der Waals surface area (Å²) in [5.41, 5.74) is 2.07. The molecule has 1 saturated heterocycles. The minimum atomic E-state index is -5.81. The number of sulfone groups is 1. The highest BCUT2D eigenvalue weighted by Gasteiger charge is 2.48. The van der Waals surface area contributed by atoms with E-state index >= 15 is 0 Å². The molecule has 0 radical (unpaired) electrons. The van der Waals surface area contributed by atoms with Gasteiger partial charge >= 0.3 is 11.7 Å². The Hall–Kier alpha value is -4.21. The van der Waals surface area contributed by atoms with E-state index in [-0.39, 0.29) is 10.5 Å². The lowest BCUT2D eigenvalue weighted by Crippen LogP contribution is -2.34. The van der Waals surface area contributed by atoms with Crippen LogP contribution in [0, 0.1) is 5.92 Å². The lowest BCUT2D eigenvalue weighted by atomic mass is 9.86. The summed E-state index contributed by atoms with van der Waals surface area (Å²) in [4.78, 5) is 13.2. The number of nitrogen functional groups attached to an aromatic ring is 1. The third-order valence-electron chi connectivity index (χ3n) is 8.14. The molecule has 0 spiro atoms. The highest BCUT2D eigenvalue weighted by atomic mass is 32.2. The number of hydrogen-bond donors (Lipinski definition) is 2. The van der Waals surface area contributed by atoms with Crippen molar-refractivity contribution in [3.63, 3.8) is 0 Å². The van der Waals surface area contributed by atoms with Crippen LogP contribution >= 0.6 is 0 Å². The molecule has 3 N–H and O–H groups in total. The Balaban J connectivity index is 1.18. The summed E-state index contributed by atoms with van der Waals surface area (Å²) in [5, 5.41) is 0. The summed E-state index contributed by atoms with van der Waals surface area (Å²) in [7, 11) is -5.81. The normalized spacial score (nSPS) is 15.3. The highest BCUT2D eigenvalue weighted by Crippen LogP contribution is 2.36. The van der Waals surface area contributed by atoms with Crippen molar-refractivity contribution in [3.8, 4) is 11.1 Å². The molecule has 48 heavy (non-hydrogen) atoms. The number of amides is 1. The molecular weight excluding hydrogens is 681 g/mol. The Labute approximate surface area is 276 Å². The Bertz CT molecular complexity index is 1880. The Morgan fingerprint density at radius 3 is 2.12 bits per heavy atom. The number of carbonyl (C=O) groups is 1. The number of carbonyl (C=O) groups excluding carboxylic acids is 1. The zero-order valence-electron chi connectivity index (χ0n) is 25.0. The van der Waals surface area contributed by atoms with Crippen molar-refractivity contribution in [2.24, 2.45) is 5.92 Å². The molecule has 7 nitrogen and oxygen atoms in total. The molecule has 1 amide bonds. The zero-order chi connectivity index (χ0) is 34.9. The van der Waals surface area contributed by atoms with Gasteiger partial charge in [-0.25, -0.2) is 8.42 Å². The van der Waals surface area contributed by atoms with E-state index in [9.17, 15) is 44.1 Å². The number of rotatable bonds is 8. The molecule has 0 saturated carbocycles. The number of alkyl halides is 6. The first-order valence-corrected chi connectivity index (χ1v) is 17.2. The maximum absolute atomic E-state index is 13.0. The number of piperidine rings is 1. The van der Waals surface area contributed by atoms with Crippen LogP contribution in [-0.4, -0.2) is 37.5 Å². The van der Waals surface area contributed by atoms with Crippen LogP contribution in [0.4, 0.5) is 37.7 Å². The molecule has 1 heterocycles. The summed E-state index contributed by atoms with van der Waals surface area (Å²) in [6, 6.07) is 21.7. The smallest absolute Gasteiger partial charge is 0.501 e. The minimum Gasteiger partial charge on any atom is -0.588 e. The molecule has 1 aliphatic heterocycles. The van der Waals surface area contributed by atoms with E-state index in [0.29, 0.717) is 12.0 Å². The topological polar surface area (TPSA) is 116 Å². The van der Waals surface area contributed by atoms with Crippen LogP contribution in [0.5, 0.6) is 0 Å². The lowest BCUT2D eigenvalue weighted by molar-refractivity contribution is -0.137. The summed E-state index contributed by atoms with van der Waals surface area (Å²) in [6.07, 6.45) is -1.92. The van der Waals surface area contributed by atoms with Gasteiger partial charge in [0, 0.05) is 30.4 Å². The van der Waals surface area contributed by atoms with Crippen molar-refractivity contribution < 1.29 is 44.1 Å². The maximum atomic E-state index is 13.0. The first-order valence-electron chi connectivity index (χ1n) is 14.6. The number of anilines is 2. The molecule has 0 aliphatic carbocycles. The van der Waals surface area contributed by atoms with Gasteiger partial charge in [0.05, 0.1) is 11.3 Å². The minimum absolute atomic E-state index is 0.125. The van der Waals surface area contributed by atoms with Gasteiger partial charge in [-0.15, -0.1) is 0 Å². The number of halogens is 6. The van der Waals surface area contributed by atoms with Gasteiger partial charge in [-0.1, -0.05) is 36.4 Å². The van der Waals surface area contributed by atoms with Crippen LogP contribution < -0.4 is 15.4 Å². The summed E-state index contributed by atoms with van der Waals surface area (Å²) in [5.74, 6) is -0.445. The number of nitrogens with two attached hydrogens (primary N) is 1. The molecule has 1 unspecified atom stereocenters. The monoisotopic (exact) mass is 709 g/mol. The lowest BCUT2D eigenvalue weighted by Gasteiger charge is -2.34. The average Bonchev–Trinajstić information content (AvgIpc) is 3.04. The van der Waals surface area contributed by atoms with E-state index < -0.39 is 54.9 Å². The predicted octanol–water partition coefficient (Wildman–Crippen LogP) is 7.16. The fraction of sp³-hybridized carbons (Fsp3) is 0.242. The highest BCUT2D eigenvalue weighted by molar-refractivity contribution is 7.92. The van der Waals surface area contributed by atoms with Crippen LogP contribution in [0.25, 0.3) is 11.1 Å². The molecule has 1 fully saturated rings. The first-order chi connectivity index (χ1) is 22.5. The van der Waals surface area contributed by atoms with E-state index in [2.05, 4.69) is 9.62 Å². The third kappa shape index (κ3) is 7.74. The number of nitrogens with zero attached hydrogens (tertiary/aromatic N) is 1. The maximum Gasteiger partial charge on any atom is 0.501 e. The van der Waals surface area contributed by atoms with E-state index in [0.717, 1.165) is 79.0 Å². The zero-order valence-corrected chi connectivity index (χ0v) is 26.6. The van der Waals surface area contributed by atoms with Crippen molar-refractivity contribution in [3.05, 3.63) is 108 Å². The average molecular weight is 710 g/mol. The van der Waals surface area contributed by atoms with E-state index in [1.165, 1.54) is 24.3 Å². The van der Waals surface area contributed by atoms with Crippen molar-refractivity contribution in [2.75, 3.05) is 23.7 Å². The summed E-state index contributed by atoms with van der Waals surface area (Å²) < 4.78 is 117. The van der Waals surface area contributed by atoms with Gasteiger partial charge in [0.2, 0.25) is 0 Å². The van der Waals surface area contributed by atoms with Crippen LogP contribution in [0.3, 0.4) is 0 Å². The molecule has 5 rings (SSSR count). The molecule has 1 aliphatic rings. The first kappa shape index (κ1) is 35.1. The van der Waals surface area contributed by atoms with Gasteiger partial charge in [0.1, 0.15) is 16.3 Å². The Kier molecular flexibility index (Phi) is 10.0. The third-order valence-corrected chi connectivity index (χ3v) is 10.7. The summed E-state index contributed by atoms with van der Waals surface area (Å²) in [6.45, 7) is 1.45. The molecule has 0 bridgehead atoms. The number of benzene rings is 4. The van der Waals surface area contributed by atoms with Gasteiger partial charge in [0.25, 0.3) is 15.7 Å². The second kappa shape index (κ2) is 13.7. The van der Waals surface area contributed by atoms with Gasteiger partial charge in [-0.05, 0) is 90.4 Å². The van der Waals surface area contributed by atoms with Crippen LogP contribution in [0.2, 0.25) is 0 Å². The fourth-order valence-electron chi connectivity index (χ4n) is 5.54. The second-order valence-corrected chi connectivity index (χ2v) is 14.4. The van der Waals surface area contributed by atoms with Gasteiger partial charge < -0.3 is 15.2 Å². The van der Waals surface area contributed by atoms with Crippen LogP contribution in [0.1, 0.15) is 34.3 Å². The second-order valence-electron chi connectivity index (χ2n) is 11.3. The van der Waals surface area contributed by atoms with Gasteiger partial charge in [0.15, 0.2) is 4.90 Å². The predicted molar refractivity (Wildman–Crippen MR) is 170 cm³/mol. The fourth-order valence-corrected chi connectivity index (χ4v) is 7.34. The SMILES string of the molecule is Nc1ccc([S+]([O-])NC(=O)c2ccc(N3CCC(Cc4ccccc4-c4ccc(C(F)(F)F)cc4)CC3)cc2)cc1S(=O)(=O)C(F)(F)F. The Morgan fingerprint density at radius 1 is 0.896 bits per heavy atom. The molecule has 4 aromatic carbocycles. The van der Waals surface area contributed by atoms with Crippen LogP contribution in [-0.2, 0) is 33.8 Å². The Morgan fingerprint density at radius 2 is 1.52 bits per heavy atom.